The van der Waals surface area contributed by atoms with E-state index in [2.05, 4.69) is 12.1 Å². The van der Waals surface area contributed by atoms with Gasteiger partial charge in [-0.25, -0.2) is 0 Å². The lowest BCUT2D eigenvalue weighted by molar-refractivity contribution is 0.0806. The summed E-state index contributed by atoms with van der Waals surface area (Å²) in [5, 5.41) is 18.2. The molecule has 4 saturated carbocycles. The second kappa shape index (κ2) is 13.1. The predicted molar refractivity (Wildman–Crippen MR) is 133 cm³/mol. The third kappa shape index (κ3) is 7.46. The van der Waals surface area contributed by atoms with E-state index in [1.807, 2.05) is 0 Å². The summed E-state index contributed by atoms with van der Waals surface area (Å²) in [6, 6.07) is 4.97. The van der Waals surface area contributed by atoms with Crippen LogP contribution in [-0.4, -0.2) is 13.2 Å². The first-order valence-corrected chi connectivity index (χ1v) is 14.6. The predicted octanol–water partition coefficient (Wildman–Crippen LogP) is 8.06. The molecule has 0 amide bonds. The first-order chi connectivity index (χ1) is 16.2. The normalized spacial score (nSPS) is 39.9. The topological polar surface area (TPSA) is 56.8 Å². The maximum Gasteiger partial charge on any atom is 0.0655 e. The molecule has 33 heavy (non-hydrogen) atoms. The summed E-state index contributed by atoms with van der Waals surface area (Å²) in [4.78, 5) is 0. The maximum atomic E-state index is 9.12. The van der Waals surface area contributed by atoms with Crippen LogP contribution < -0.4 is 0 Å². The maximum absolute atomic E-state index is 9.12. The molecule has 184 valence electrons. The lowest BCUT2D eigenvalue weighted by Gasteiger charge is -2.37. The minimum absolute atomic E-state index is 0.347. The zero-order valence-corrected chi connectivity index (χ0v) is 21.1. The highest BCUT2D eigenvalue weighted by atomic mass is 16.5. The number of nitriles is 2. The highest BCUT2D eigenvalue weighted by molar-refractivity contribution is 4.90. The fourth-order valence-corrected chi connectivity index (χ4v) is 7.94. The van der Waals surface area contributed by atoms with Gasteiger partial charge in [-0.2, -0.15) is 10.5 Å². The van der Waals surface area contributed by atoms with Crippen molar-refractivity contribution in [2.24, 2.45) is 47.3 Å². The second-order valence-corrected chi connectivity index (χ2v) is 12.2. The summed E-state index contributed by atoms with van der Waals surface area (Å²) in [6.45, 7) is 1.94. The lowest BCUT2D eigenvalue weighted by atomic mass is 9.69. The Bertz CT molecular complexity index is 575. The highest BCUT2D eigenvalue weighted by Gasteiger charge is 2.32. The van der Waals surface area contributed by atoms with Crippen molar-refractivity contribution >= 4 is 0 Å². The van der Waals surface area contributed by atoms with E-state index in [4.69, 9.17) is 15.3 Å². The third-order valence-corrected chi connectivity index (χ3v) is 10.4. The zero-order chi connectivity index (χ0) is 22.9. The largest absolute Gasteiger partial charge is 0.381 e. The minimum Gasteiger partial charge on any atom is -0.381 e. The van der Waals surface area contributed by atoms with E-state index in [1.54, 1.807) is 0 Å². The van der Waals surface area contributed by atoms with Crippen LogP contribution in [0.15, 0.2) is 0 Å². The molecule has 0 aromatic heterocycles. The van der Waals surface area contributed by atoms with Gasteiger partial charge in [0, 0.05) is 25.0 Å². The summed E-state index contributed by atoms with van der Waals surface area (Å²) < 4.78 is 6.11. The van der Waals surface area contributed by atoms with Crippen molar-refractivity contribution < 1.29 is 4.74 Å². The van der Waals surface area contributed by atoms with Crippen LogP contribution in [0.3, 0.4) is 0 Å². The van der Waals surface area contributed by atoms with E-state index < -0.39 is 0 Å². The van der Waals surface area contributed by atoms with Gasteiger partial charge in [0.2, 0.25) is 0 Å². The molecule has 0 aromatic carbocycles. The van der Waals surface area contributed by atoms with Gasteiger partial charge in [-0.05, 0) is 125 Å². The molecule has 0 spiro atoms. The molecule has 0 heterocycles. The molecule has 3 nitrogen and oxygen atoms in total. The van der Waals surface area contributed by atoms with Crippen LogP contribution in [0.5, 0.6) is 0 Å². The molecule has 4 aliphatic rings. The SMILES string of the molecule is N#CC1CCC(C2CCC(CCOCCC3CCC(C4CCC(C#N)CC4)CC3)CC2)CC1. The smallest absolute Gasteiger partial charge is 0.0655 e. The number of nitrogens with zero attached hydrogens (tertiary/aromatic N) is 2. The minimum atomic E-state index is 0.347. The van der Waals surface area contributed by atoms with Crippen LogP contribution in [-0.2, 0) is 4.74 Å². The first-order valence-electron chi connectivity index (χ1n) is 14.6. The molecule has 0 atom stereocenters. The van der Waals surface area contributed by atoms with Crippen LogP contribution in [0.4, 0.5) is 0 Å². The molecule has 4 fully saturated rings. The summed E-state index contributed by atoms with van der Waals surface area (Å²) in [7, 11) is 0. The van der Waals surface area contributed by atoms with Crippen LogP contribution in [0.25, 0.3) is 0 Å². The van der Waals surface area contributed by atoms with Crippen molar-refractivity contribution in [3.05, 3.63) is 0 Å². The Balaban J connectivity index is 1.00. The van der Waals surface area contributed by atoms with Crippen LogP contribution in [0.2, 0.25) is 0 Å². The van der Waals surface area contributed by atoms with E-state index in [0.29, 0.717) is 11.8 Å². The molecular weight excluding hydrogens is 404 g/mol. The quantitative estimate of drug-likeness (QED) is 0.350. The van der Waals surface area contributed by atoms with Crippen LogP contribution in [0, 0.1) is 70.0 Å². The fraction of sp³-hybridized carbons (Fsp3) is 0.933. The molecule has 0 unspecified atom stereocenters. The van der Waals surface area contributed by atoms with Gasteiger partial charge in [0.15, 0.2) is 0 Å². The Morgan fingerprint density at radius 1 is 0.455 bits per heavy atom. The van der Waals surface area contributed by atoms with Crippen molar-refractivity contribution in [1.82, 2.24) is 0 Å². The Morgan fingerprint density at radius 3 is 1.06 bits per heavy atom. The summed E-state index contributed by atoms with van der Waals surface area (Å²) in [6.07, 6.45) is 23.7. The molecule has 4 aliphatic carbocycles. The van der Waals surface area contributed by atoms with Gasteiger partial charge in [0.05, 0.1) is 12.1 Å². The van der Waals surface area contributed by atoms with Crippen LogP contribution in [0.1, 0.15) is 116 Å². The van der Waals surface area contributed by atoms with Gasteiger partial charge in [0.25, 0.3) is 0 Å². The van der Waals surface area contributed by atoms with Crippen molar-refractivity contribution in [3.8, 4) is 12.1 Å². The van der Waals surface area contributed by atoms with Crippen molar-refractivity contribution in [1.29, 1.82) is 10.5 Å². The van der Waals surface area contributed by atoms with Gasteiger partial charge in [-0.1, -0.05) is 25.7 Å². The van der Waals surface area contributed by atoms with Gasteiger partial charge < -0.3 is 4.74 Å². The molecule has 0 aromatic rings. The number of hydrogen-bond acceptors (Lipinski definition) is 3. The van der Waals surface area contributed by atoms with Crippen LogP contribution >= 0.6 is 0 Å². The van der Waals surface area contributed by atoms with Crippen molar-refractivity contribution in [2.75, 3.05) is 13.2 Å². The second-order valence-electron chi connectivity index (χ2n) is 12.2. The number of ether oxygens (including phenoxy) is 1. The summed E-state index contributed by atoms with van der Waals surface area (Å²) >= 11 is 0. The summed E-state index contributed by atoms with van der Waals surface area (Å²) in [5.74, 6) is 6.19. The number of rotatable bonds is 8. The molecule has 0 radical (unpaired) electrons. The van der Waals surface area contributed by atoms with E-state index >= 15 is 0 Å². The van der Waals surface area contributed by atoms with E-state index in [0.717, 1.165) is 74.4 Å². The average molecular weight is 453 g/mol. The Kier molecular flexibility index (Phi) is 9.97. The number of hydrogen-bond donors (Lipinski definition) is 0. The van der Waals surface area contributed by atoms with Gasteiger partial charge in [-0.3, -0.25) is 0 Å². The lowest BCUT2D eigenvalue weighted by Crippen LogP contribution is -2.26. The van der Waals surface area contributed by atoms with Crippen molar-refractivity contribution in [2.45, 2.75) is 116 Å². The Labute approximate surface area is 203 Å². The molecule has 0 N–H and O–H groups in total. The monoisotopic (exact) mass is 452 g/mol. The molecule has 0 bridgehead atoms. The zero-order valence-electron chi connectivity index (χ0n) is 21.1. The molecule has 4 rings (SSSR count). The van der Waals surface area contributed by atoms with E-state index in [1.165, 1.54) is 89.9 Å². The molecule has 0 saturated heterocycles. The molecular formula is C30H48N2O. The first kappa shape index (κ1) is 25.0. The van der Waals surface area contributed by atoms with Gasteiger partial charge >= 0.3 is 0 Å². The summed E-state index contributed by atoms with van der Waals surface area (Å²) in [5.41, 5.74) is 0. The molecule has 0 aliphatic heterocycles. The Morgan fingerprint density at radius 2 is 0.758 bits per heavy atom. The van der Waals surface area contributed by atoms with E-state index in [9.17, 15) is 0 Å². The van der Waals surface area contributed by atoms with Gasteiger partial charge in [-0.15, -0.1) is 0 Å². The van der Waals surface area contributed by atoms with Crippen molar-refractivity contribution in [3.63, 3.8) is 0 Å². The highest BCUT2D eigenvalue weighted by Crippen LogP contribution is 2.43. The van der Waals surface area contributed by atoms with E-state index in [-0.39, 0.29) is 0 Å². The molecule has 3 heteroatoms. The average Bonchev–Trinajstić information content (AvgIpc) is 2.89. The Hall–Kier alpha value is -1.06. The fourth-order valence-electron chi connectivity index (χ4n) is 7.94. The standard InChI is InChI=1S/C30H48N2O/c31-21-25-5-13-29(14-6-25)27-9-1-23(2-10-27)17-19-33-20-18-24-3-11-28(12-4-24)30-15-7-26(22-32)8-16-30/h23-30H,1-20H2. The van der Waals surface area contributed by atoms with Gasteiger partial charge in [0.1, 0.15) is 0 Å². The third-order valence-electron chi connectivity index (χ3n) is 10.4.